The molecule has 0 bridgehead atoms. The third-order valence-electron chi connectivity index (χ3n) is 4.53. The first-order valence-corrected chi connectivity index (χ1v) is 9.75. The predicted octanol–water partition coefficient (Wildman–Crippen LogP) is 3.05. The van der Waals surface area contributed by atoms with E-state index in [0.717, 1.165) is 31.1 Å². The van der Waals surface area contributed by atoms with E-state index in [9.17, 15) is 8.78 Å². The van der Waals surface area contributed by atoms with Gasteiger partial charge in [0.1, 0.15) is 11.9 Å². The Labute approximate surface area is 161 Å². The summed E-state index contributed by atoms with van der Waals surface area (Å²) >= 11 is 0. The van der Waals surface area contributed by atoms with Crippen LogP contribution in [0.1, 0.15) is 32.3 Å². The van der Waals surface area contributed by atoms with Crippen LogP contribution in [0, 0.1) is 6.92 Å². The number of aliphatic imine (C=N–C) groups is 1. The maximum absolute atomic E-state index is 12.5. The molecule has 1 aromatic carbocycles. The van der Waals surface area contributed by atoms with Crippen LogP contribution in [0.3, 0.4) is 0 Å². The number of piperidine rings is 1. The smallest absolute Gasteiger partial charge is 0.251 e. The summed E-state index contributed by atoms with van der Waals surface area (Å²) in [5.74, 6) is 1.59. The summed E-state index contributed by atoms with van der Waals surface area (Å²) in [5, 5.41) is 6.68. The molecule has 27 heavy (non-hydrogen) atoms. The Morgan fingerprint density at radius 1 is 1.26 bits per heavy atom. The SMILES string of the molecule is CCNC(=NCC(C)Oc1ccc(C)cc1)NC1CCN(CC(F)F)CC1. The molecule has 0 spiro atoms. The number of halogens is 2. The average molecular weight is 382 g/mol. The van der Waals surface area contributed by atoms with Crippen molar-refractivity contribution in [1.29, 1.82) is 0 Å². The summed E-state index contributed by atoms with van der Waals surface area (Å²) in [6.07, 6.45) is -0.626. The Hall–Kier alpha value is -1.89. The second-order valence-corrected chi connectivity index (χ2v) is 7.07. The Morgan fingerprint density at radius 3 is 2.52 bits per heavy atom. The highest BCUT2D eigenvalue weighted by molar-refractivity contribution is 5.80. The number of aryl methyl sites for hydroxylation is 1. The van der Waals surface area contributed by atoms with E-state index in [4.69, 9.17) is 4.74 Å². The van der Waals surface area contributed by atoms with Gasteiger partial charge in [0.05, 0.1) is 13.1 Å². The zero-order valence-corrected chi connectivity index (χ0v) is 16.5. The molecule has 2 N–H and O–H groups in total. The first-order valence-electron chi connectivity index (χ1n) is 9.75. The number of ether oxygens (including phenoxy) is 1. The van der Waals surface area contributed by atoms with Crippen LogP contribution >= 0.6 is 0 Å². The van der Waals surface area contributed by atoms with Crippen LogP contribution in [0.5, 0.6) is 5.75 Å². The van der Waals surface area contributed by atoms with Crippen LogP contribution in [0.4, 0.5) is 8.78 Å². The van der Waals surface area contributed by atoms with Crippen LogP contribution in [0.15, 0.2) is 29.3 Å². The van der Waals surface area contributed by atoms with Crippen LogP contribution in [-0.2, 0) is 0 Å². The van der Waals surface area contributed by atoms with Crippen LogP contribution < -0.4 is 15.4 Å². The van der Waals surface area contributed by atoms with Crippen molar-refractivity contribution in [2.45, 2.75) is 52.2 Å². The van der Waals surface area contributed by atoms with Crippen molar-refractivity contribution >= 4 is 5.96 Å². The van der Waals surface area contributed by atoms with Gasteiger partial charge in [-0.3, -0.25) is 4.90 Å². The summed E-state index contributed by atoms with van der Waals surface area (Å²) in [5.41, 5.74) is 1.20. The third-order valence-corrected chi connectivity index (χ3v) is 4.53. The highest BCUT2D eigenvalue weighted by Crippen LogP contribution is 2.14. The molecule has 0 saturated carbocycles. The van der Waals surface area contributed by atoms with Gasteiger partial charge in [-0.05, 0) is 45.7 Å². The first kappa shape index (κ1) is 21.4. The normalized spacial score (nSPS) is 17.8. The summed E-state index contributed by atoms with van der Waals surface area (Å²) in [6.45, 7) is 8.61. The van der Waals surface area contributed by atoms with Crippen molar-refractivity contribution in [3.05, 3.63) is 29.8 Å². The van der Waals surface area contributed by atoms with Crippen molar-refractivity contribution in [2.24, 2.45) is 4.99 Å². The van der Waals surface area contributed by atoms with Gasteiger partial charge in [-0.1, -0.05) is 17.7 Å². The molecule has 1 aliphatic rings. The lowest BCUT2D eigenvalue weighted by Crippen LogP contribution is -2.49. The molecule has 1 fully saturated rings. The summed E-state index contributed by atoms with van der Waals surface area (Å²) in [4.78, 5) is 6.45. The molecule has 1 atom stereocenters. The number of guanidine groups is 1. The zero-order valence-electron chi connectivity index (χ0n) is 16.5. The van der Waals surface area contributed by atoms with Crippen LogP contribution in [0.25, 0.3) is 0 Å². The van der Waals surface area contributed by atoms with Gasteiger partial charge in [0.2, 0.25) is 0 Å². The monoisotopic (exact) mass is 382 g/mol. The Kier molecular flexibility index (Phi) is 8.78. The first-order chi connectivity index (χ1) is 13.0. The topological polar surface area (TPSA) is 48.9 Å². The number of likely N-dealkylation sites (tertiary alicyclic amines) is 1. The number of nitrogens with zero attached hydrogens (tertiary/aromatic N) is 2. The highest BCUT2D eigenvalue weighted by Gasteiger charge is 2.22. The van der Waals surface area contributed by atoms with Gasteiger partial charge in [-0.2, -0.15) is 0 Å². The summed E-state index contributed by atoms with van der Waals surface area (Å²) in [7, 11) is 0. The van der Waals surface area contributed by atoms with E-state index >= 15 is 0 Å². The number of benzene rings is 1. The zero-order chi connectivity index (χ0) is 19.6. The maximum Gasteiger partial charge on any atom is 0.251 e. The molecule has 7 heteroatoms. The summed E-state index contributed by atoms with van der Waals surface area (Å²) in [6, 6.07) is 8.23. The van der Waals surface area contributed by atoms with Gasteiger partial charge in [0.25, 0.3) is 6.43 Å². The number of alkyl halides is 2. The average Bonchev–Trinajstić information content (AvgIpc) is 2.63. The Balaban J connectivity index is 1.80. The van der Waals surface area contributed by atoms with E-state index in [1.165, 1.54) is 5.56 Å². The molecule has 5 nitrogen and oxygen atoms in total. The lowest BCUT2D eigenvalue weighted by Gasteiger charge is -2.32. The van der Waals surface area contributed by atoms with E-state index in [0.29, 0.717) is 19.6 Å². The van der Waals surface area contributed by atoms with Crippen molar-refractivity contribution in [3.8, 4) is 5.75 Å². The lowest BCUT2D eigenvalue weighted by atomic mass is 10.1. The van der Waals surface area contributed by atoms with Gasteiger partial charge >= 0.3 is 0 Å². The molecule has 152 valence electrons. The van der Waals surface area contributed by atoms with Gasteiger partial charge in [-0.15, -0.1) is 0 Å². The highest BCUT2D eigenvalue weighted by atomic mass is 19.3. The molecular weight excluding hydrogens is 350 g/mol. The van der Waals surface area contributed by atoms with E-state index in [1.54, 1.807) is 0 Å². The molecule has 0 aromatic heterocycles. The molecule has 1 heterocycles. The number of rotatable bonds is 8. The minimum absolute atomic E-state index is 0.0453. The Morgan fingerprint density at radius 2 is 1.93 bits per heavy atom. The number of hydrogen-bond donors (Lipinski definition) is 2. The van der Waals surface area contributed by atoms with Gasteiger partial charge in [0, 0.05) is 25.7 Å². The molecular formula is C20H32F2N4O. The molecule has 0 aliphatic carbocycles. The van der Waals surface area contributed by atoms with E-state index in [2.05, 4.69) is 15.6 Å². The molecule has 1 saturated heterocycles. The predicted molar refractivity (Wildman–Crippen MR) is 106 cm³/mol. The second kappa shape index (κ2) is 11.1. The maximum atomic E-state index is 12.5. The minimum Gasteiger partial charge on any atom is -0.489 e. The molecule has 0 amide bonds. The van der Waals surface area contributed by atoms with E-state index in [-0.39, 0.29) is 18.7 Å². The fourth-order valence-electron chi connectivity index (χ4n) is 3.07. The molecule has 2 rings (SSSR count). The number of nitrogens with one attached hydrogen (secondary N) is 2. The van der Waals surface area contributed by atoms with Crippen molar-refractivity contribution in [2.75, 3.05) is 32.7 Å². The van der Waals surface area contributed by atoms with Crippen molar-refractivity contribution < 1.29 is 13.5 Å². The fraction of sp³-hybridized carbons (Fsp3) is 0.650. The molecule has 1 aliphatic heterocycles. The summed E-state index contributed by atoms with van der Waals surface area (Å²) < 4.78 is 30.9. The minimum atomic E-state index is -2.26. The third kappa shape index (κ3) is 8.12. The molecule has 1 aromatic rings. The quantitative estimate of drug-likeness (QED) is 0.536. The van der Waals surface area contributed by atoms with Gasteiger partial charge in [-0.25, -0.2) is 13.8 Å². The van der Waals surface area contributed by atoms with E-state index < -0.39 is 6.43 Å². The lowest BCUT2D eigenvalue weighted by molar-refractivity contribution is 0.0744. The second-order valence-electron chi connectivity index (χ2n) is 7.07. The van der Waals surface area contributed by atoms with Crippen LogP contribution in [0.2, 0.25) is 0 Å². The van der Waals surface area contributed by atoms with E-state index in [1.807, 2.05) is 49.9 Å². The Bertz CT molecular complexity index is 572. The van der Waals surface area contributed by atoms with Crippen LogP contribution in [-0.4, -0.2) is 62.2 Å². The standard InChI is InChI=1S/C20H32F2N4O/c1-4-23-20(25-17-9-11-26(12-10-17)14-19(21)22)24-13-16(3)27-18-7-5-15(2)6-8-18/h5-8,16-17,19H,4,9-14H2,1-3H3,(H2,23,24,25). The molecule has 0 radical (unpaired) electrons. The van der Waals surface area contributed by atoms with Crippen molar-refractivity contribution in [1.82, 2.24) is 15.5 Å². The van der Waals surface area contributed by atoms with Crippen molar-refractivity contribution in [3.63, 3.8) is 0 Å². The van der Waals surface area contributed by atoms with Gasteiger partial charge < -0.3 is 15.4 Å². The van der Waals surface area contributed by atoms with Gasteiger partial charge in [0.15, 0.2) is 5.96 Å². The largest absolute Gasteiger partial charge is 0.489 e. The molecule has 1 unspecified atom stereocenters. The number of hydrogen-bond acceptors (Lipinski definition) is 3. The fourth-order valence-corrected chi connectivity index (χ4v) is 3.07.